The Labute approximate surface area is 147 Å². The molecule has 0 saturated heterocycles. The molecule has 25 heavy (non-hydrogen) atoms. The first-order chi connectivity index (χ1) is 11.9. The Morgan fingerprint density at radius 3 is 2.56 bits per heavy atom. The minimum Gasteiger partial charge on any atom is -0.490 e. The number of benzene rings is 2. The highest BCUT2D eigenvalue weighted by Gasteiger charge is 2.09. The van der Waals surface area contributed by atoms with Crippen molar-refractivity contribution in [2.45, 2.75) is 13.3 Å². The summed E-state index contributed by atoms with van der Waals surface area (Å²) in [7, 11) is -3.40. The van der Waals surface area contributed by atoms with E-state index in [0.29, 0.717) is 5.69 Å². The maximum Gasteiger partial charge on any atom is 0.338 e. The number of hydrogen-bond donors (Lipinski definition) is 1. The van der Waals surface area contributed by atoms with Crippen molar-refractivity contribution in [1.29, 1.82) is 0 Å². The third kappa shape index (κ3) is 6.46. The van der Waals surface area contributed by atoms with Gasteiger partial charge in [0, 0.05) is 5.69 Å². The van der Waals surface area contributed by atoms with Crippen molar-refractivity contribution in [2.75, 3.05) is 24.2 Å². The molecule has 134 valence electrons. The molecule has 0 fully saturated rings. The molecule has 2 aromatic rings. The van der Waals surface area contributed by atoms with Crippen molar-refractivity contribution in [1.82, 2.24) is 0 Å². The monoisotopic (exact) mass is 363 g/mol. The number of rotatable bonds is 8. The van der Waals surface area contributed by atoms with Gasteiger partial charge in [-0.1, -0.05) is 25.1 Å². The molecule has 2 aromatic carbocycles. The molecule has 0 heterocycles. The van der Waals surface area contributed by atoms with Crippen LogP contribution in [0.3, 0.4) is 0 Å². The lowest BCUT2D eigenvalue weighted by Gasteiger charge is -2.09. The summed E-state index contributed by atoms with van der Waals surface area (Å²) in [5.41, 5.74) is 1.75. The Kier molecular flexibility index (Phi) is 6.41. The zero-order valence-corrected chi connectivity index (χ0v) is 15.0. The Morgan fingerprint density at radius 2 is 1.84 bits per heavy atom. The van der Waals surface area contributed by atoms with E-state index in [1.165, 1.54) is 11.6 Å². The molecule has 1 N–H and O–H groups in total. The van der Waals surface area contributed by atoms with Gasteiger partial charge < -0.3 is 9.47 Å². The summed E-state index contributed by atoms with van der Waals surface area (Å²) in [6.45, 7) is 2.40. The molecule has 0 aliphatic carbocycles. The number of carbonyl (C=O) groups excluding carboxylic acids is 1. The minimum absolute atomic E-state index is 0.0961. The van der Waals surface area contributed by atoms with Crippen molar-refractivity contribution in [3.05, 3.63) is 59.7 Å². The number of hydrogen-bond acceptors (Lipinski definition) is 5. The van der Waals surface area contributed by atoms with Crippen LogP contribution in [0.25, 0.3) is 0 Å². The summed E-state index contributed by atoms with van der Waals surface area (Å²) in [6, 6.07) is 13.9. The molecule has 0 aliphatic heterocycles. The van der Waals surface area contributed by atoms with E-state index in [4.69, 9.17) is 9.47 Å². The minimum atomic E-state index is -3.40. The Hall–Kier alpha value is -2.54. The summed E-state index contributed by atoms with van der Waals surface area (Å²) in [4.78, 5) is 12.0. The number of sulfonamides is 1. The van der Waals surface area contributed by atoms with E-state index in [9.17, 15) is 13.2 Å². The van der Waals surface area contributed by atoms with Gasteiger partial charge in [-0.15, -0.1) is 0 Å². The summed E-state index contributed by atoms with van der Waals surface area (Å²) in [5, 5.41) is 0. The number of esters is 1. The fourth-order valence-corrected chi connectivity index (χ4v) is 2.71. The van der Waals surface area contributed by atoms with Crippen LogP contribution in [0.4, 0.5) is 5.69 Å². The number of aryl methyl sites for hydroxylation is 1. The number of anilines is 1. The average Bonchev–Trinajstić information content (AvgIpc) is 2.57. The van der Waals surface area contributed by atoms with E-state index < -0.39 is 16.0 Å². The Balaban J connectivity index is 1.85. The van der Waals surface area contributed by atoms with Gasteiger partial charge in [-0.05, 0) is 42.3 Å². The highest BCUT2D eigenvalue weighted by Crippen LogP contribution is 2.14. The maximum atomic E-state index is 12.0. The third-order valence-electron chi connectivity index (χ3n) is 3.29. The van der Waals surface area contributed by atoms with Crippen molar-refractivity contribution in [3.63, 3.8) is 0 Å². The summed E-state index contributed by atoms with van der Waals surface area (Å²) >= 11 is 0. The second-order valence-corrected chi connectivity index (χ2v) is 7.19. The van der Waals surface area contributed by atoms with Crippen molar-refractivity contribution < 1.29 is 22.7 Å². The lowest BCUT2D eigenvalue weighted by atomic mass is 10.2. The van der Waals surface area contributed by atoms with Gasteiger partial charge in [-0.2, -0.15) is 0 Å². The molecule has 7 heteroatoms. The van der Waals surface area contributed by atoms with Gasteiger partial charge in [0.05, 0.1) is 11.8 Å². The highest BCUT2D eigenvalue weighted by molar-refractivity contribution is 7.92. The first-order valence-corrected chi connectivity index (χ1v) is 9.73. The summed E-state index contributed by atoms with van der Waals surface area (Å²) in [6.07, 6.45) is 1.97. The lowest BCUT2D eigenvalue weighted by molar-refractivity contribution is 0.0450. The molecule has 0 saturated carbocycles. The second-order valence-electron chi connectivity index (χ2n) is 5.44. The van der Waals surface area contributed by atoms with Crippen molar-refractivity contribution >= 4 is 21.7 Å². The van der Waals surface area contributed by atoms with Crippen LogP contribution in [0.2, 0.25) is 0 Å². The maximum absolute atomic E-state index is 12.0. The molecule has 0 unspecified atom stereocenters. The molecule has 2 rings (SSSR count). The third-order valence-corrected chi connectivity index (χ3v) is 3.90. The molecular formula is C18H21NO5S. The van der Waals surface area contributed by atoms with Crippen LogP contribution in [0.5, 0.6) is 5.75 Å². The van der Waals surface area contributed by atoms with Gasteiger partial charge in [0.15, 0.2) is 0 Å². The number of ether oxygens (including phenoxy) is 2. The molecule has 0 atom stereocenters. The van der Waals surface area contributed by atoms with Gasteiger partial charge >= 0.3 is 5.97 Å². The predicted octanol–water partition coefficient (Wildman–Crippen LogP) is 2.86. The fraction of sp³-hybridized carbons (Fsp3) is 0.278. The van der Waals surface area contributed by atoms with E-state index in [0.717, 1.165) is 18.4 Å². The number of carbonyl (C=O) groups is 1. The van der Waals surface area contributed by atoms with Crippen LogP contribution >= 0.6 is 0 Å². The zero-order chi connectivity index (χ0) is 18.3. The van der Waals surface area contributed by atoms with Gasteiger partial charge in [-0.3, -0.25) is 4.72 Å². The zero-order valence-electron chi connectivity index (χ0n) is 14.2. The van der Waals surface area contributed by atoms with E-state index >= 15 is 0 Å². The fourth-order valence-electron chi connectivity index (χ4n) is 2.16. The topological polar surface area (TPSA) is 81.7 Å². The summed E-state index contributed by atoms with van der Waals surface area (Å²) < 4.78 is 35.5. The van der Waals surface area contributed by atoms with Gasteiger partial charge in [0.2, 0.25) is 10.0 Å². The molecule has 6 nitrogen and oxygen atoms in total. The van der Waals surface area contributed by atoms with Crippen LogP contribution in [0, 0.1) is 0 Å². The SMILES string of the molecule is CCc1cccc(OCCOC(=O)c2cccc(NS(C)(=O)=O)c2)c1. The number of nitrogens with one attached hydrogen (secondary N) is 1. The molecule has 0 amide bonds. The van der Waals surface area contributed by atoms with Gasteiger partial charge in [0.25, 0.3) is 0 Å². The molecular weight excluding hydrogens is 342 g/mol. The lowest BCUT2D eigenvalue weighted by Crippen LogP contribution is -2.13. The van der Waals surface area contributed by atoms with Crippen LogP contribution in [0.15, 0.2) is 48.5 Å². The van der Waals surface area contributed by atoms with Crippen molar-refractivity contribution in [3.8, 4) is 5.75 Å². The summed E-state index contributed by atoms with van der Waals surface area (Å²) in [5.74, 6) is 0.192. The second kappa shape index (κ2) is 8.53. The van der Waals surface area contributed by atoms with Crippen molar-refractivity contribution in [2.24, 2.45) is 0 Å². The molecule has 0 aliphatic rings. The van der Waals surface area contributed by atoms with E-state index in [1.54, 1.807) is 18.2 Å². The van der Waals surface area contributed by atoms with E-state index in [1.807, 2.05) is 24.3 Å². The van der Waals surface area contributed by atoms with Gasteiger partial charge in [0.1, 0.15) is 19.0 Å². The normalized spacial score (nSPS) is 11.0. The van der Waals surface area contributed by atoms with E-state index in [2.05, 4.69) is 11.6 Å². The smallest absolute Gasteiger partial charge is 0.338 e. The molecule has 0 radical (unpaired) electrons. The average molecular weight is 363 g/mol. The van der Waals surface area contributed by atoms with Crippen LogP contribution < -0.4 is 9.46 Å². The molecule has 0 aromatic heterocycles. The molecule has 0 bridgehead atoms. The Bertz CT molecular complexity index is 833. The highest BCUT2D eigenvalue weighted by atomic mass is 32.2. The van der Waals surface area contributed by atoms with Crippen LogP contribution in [0.1, 0.15) is 22.8 Å². The van der Waals surface area contributed by atoms with Crippen LogP contribution in [-0.2, 0) is 21.2 Å². The molecule has 0 spiro atoms. The Morgan fingerprint density at radius 1 is 1.08 bits per heavy atom. The first kappa shape index (κ1) is 18.8. The van der Waals surface area contributed by atoms with E-state index in [-0.39, 0.29) is 18.8 Å². The standard InChI is InChI=1S/C18H21NO5S/c1-3-14-6-4-9-17(12-14)23-10-11-24-18(20)15-7-5-8-16(13-15)19-25(2,21)22/h4-9,12-13,19H,3,10-11H2,1-2H3. The largest absolute Gasteiger partial charge is 0.490 e. The first-order valence-electron chi connectivity index (χ1n) is 7.84. The predicted molar refractivity (Wildman–Crippen MR) is 96.5 cm³/mol. The van der Waals surface area contributed by atoms with Gasteiger partial charge in [-0.25, -0.2) is 13.2 Å². The van der Waals surface area contributed by atoms with Crippen LogP contribution in [-0.4, -0.2) is 33.9 Å². The quantitative estimate of drug-likeness (QED) is 0.576.